The number of aliphatic hydroxyl groups is 1. The normalized spacial score (nSPS) is 25.5. The molecule has 3 nitrogen and oxygen atoms in total. The van der Waals surface area contributed by atoms with E-state index in [9.17, 15) is 9.90 Å². The quantitative estimate of drug-likeness (QED) is 0.845. The molecule has 1 aromatic rings. The van der Waals surface area contributed by atoms with Crippen LogP contribution in [-0.4, -0.2) is 23.2 Å². The average Bonchev–Trinajstić information content (AvgIpc) is 2.48. The van der Waals surface area contributed by atoms with Crippen molar-refractivity contribution >= 4 is 5.91 Å². The van der Waals surface area contributed by atoms with Crippen molar-refractivity contribution in [3.05, 3.63) is 35.9 Å². The fourth-order valence-electron chi connectivity index (χ4n) is 3.41. The number of rotatable bonds is 6. The molecular weight excluding hydrogens is 262 g/mol. The van der Waals surface area contributed by atoms with Gasteiger partial charge >= 0.3 is 0 Å². The molecule has 1 aromatic carbocycles. The Balaban J connectivity index is 1.77. The summed E-state index contributed by atoms with van der Waals surface area (Å²) in [6.07, 6.45) is 6.40. The van der Waals surface area contributed by atoms with E-state index in [0.29, 0.717) is 12.3 Å². The second-order valence-corrected chi connectivity index (χ2v) is 6.53. The summed E-state index contributed by atoms with van der Waals surface area (Å²) in [5, 5.41) is 12.8. The standard InChI is InChI=1S/C18H27NO2/c1-15-7-6-12-18(13-15,14-20)19-17(21)11-5-10-16-8-3-2-4-9-16/h2-4,8-9,15,20H,5-7,10-14H2,1H3,(H,19,21). The van der Waals surface area contributed by atoms with Gasteiger partial charge in [-0.15, -0.1) is 0 Å². The molecule has 0 aliphatic heterocycles. The van der Waals surface area contributed by atoms with Crippen molar-refractivity contribution in [1.82, 2.24) is 5.32 Å². The van der Waals surface area contributed by atoms with Gasteiger partial charge in [-0.1, -0.05) is 50.1 Å². The molecular formula is C18H27NO2. The van der Waals surface area contributed by atoms with E-state index in [4.69, 9.17) is 0 Å². The molecule has 1 fully saturated rings. The Hall–Kier alpha value is -1.35. The molecule has 1 aliphatic carbocycles. The van der Waals surface area contributed by atoms with Gasteiger partial charge in [-0.3, -0.25) is 4.79 Å². The first kappa shape index (κ1) is 16.0. The van der Waals surface area contributed by atoms with E-state index in [-0.39, 0.29) is 18.1 Å². The van der Waals surface area contributed by atoms with Crippen LogP contribution >= 0.6 is 0 Å². The summed E-state index contributed by atoms with van der Waals surface area (Å²) in [5.74, 6) is 0.657. The van der Waals surface area contributed by atoms with E-state index in [0.717, 1.165) is 32.1 Å². The molecule has 2 atom stereocenters. The molecule has 0 spiro atoms. The Labute approximate surface area is 127 Å². The zero-order valence-corrected chi connectivity index (χ0v) is 13.0. The highest BCUT2D eigenvalue weighted by Crippen LogP contribution is 2.32. The third-order valence-corrected chi connectivity index (χ3v) is 4.51. The van der Waals surface area contributed by atoms with Crippen molar-refractivity contribution in [2.45, 2.75) is 57.4 Å². The summed E-state index contributed by atoms with van der Waals surface area (Å²) < 4.78 is 0. The van der Waals surface area contributed by atoms with E-state index in [1.54, 1.807) is 0 Å². The van der Waals surface area contributed by atoms with Gasteiger partial charge in [0.05, 0.1) is 12.1 Å². The third-order valence-electron chi connectivity index (χ3n) is 4.51. The molecule has 3 heteroatoms. The van der Waals surface area contributed by atoms with Crippen molar-refractivity contribution in [2.75, 3.05) is 6.61 Å². The van der Waals surface area contributed by atoms with Gasteiger partial charge in [0.25, 0.3) is 0 Å². The number of nitrogens with one attached hydrogen (secondary N) is 1. The lowest BCUT2D eigenvalue weighted by atomic mass is 9.76. The van der Waals surface area contributed by atoms with Crippen molar-refractivity contribution in [1.29, 1.82) is 0 Å². The van der Waals surface area contributed by atoms with E-state index in [1.165, 1.54) is 12.0 Å². The van der Waals surface area contributed by atoms with Gasteiger partial charge in [-0.2, -0.15) is 0 Å². The van der Waals surface area contributed by atoms with Crippen LogP contribution in [-0.2, 0) is 11.2 Å². The molecule has 0 bridgehead atoms. The lowest BCUT2D eigenvalue weighted by Gasteiger charge is -2.39. The minimum Gasteiger partial charge on any atom is -0.394 e. The Kier molecular flexibility index (Phi) is 5.80. The predicted octanol–water partition coefficient (Wildman–Crippen LogP) is 3.07. The van der Waals surface area contributed by atoms with Crippen LogP contribution < -0.4 is 5.32 Å². The van der Waals surface area contributed by atoms with Crippen molar-refractivity contribution in [2.24, 2.45) is 5.92 Å². The van der Waals surface area contributed by atoms with Crippen molar-refractivity contribution in [3.63, 3.8) is 0 Å². The Morgan fingerprint density at radius 1 is 1.38 bits per heavy atom. The van der Waals surface area contributed by atoms with Crippen LogP contribution in [0.25, 0.3) is 0 Å². The Bertz CT molecular complexity index is 446. The highest BCUT2D eigenvalue weighted by molar-refractivity contribution is 5.76. The van der Waals surface area contributed by atoms with Crippen LogP contribution in [0.5, 0.6) is 0 Å². The van der Waals surface area contributed by atoms with Crippen molar-refractivity contribution < 1.29 is 9.90 Å². The maximum absolute atomic E-state index is 12.2. The summed E-state index contributed by atoms with van der Waals surface area (Å²) in [5.41, 5.74) is 0.898. The maximum Gasteiger partial charge on any atom is 0.220 e. The van der Waals surface area contributed by atoms with E-state index >= 15 is 0 Å². The lowest BCUT2D eigenvalue weighted by Crippen LogP contribution is -2.53. The van der Waals surface area contributed by atoms with Gasteiger partial charge in [-0.25, -0.2) is 0 Å². The van der Waals surface area contributed by atoms with Crippen LogP contribution in [0.1, 0.15) is 51.0 Å². The summed E-state index contributed by atoms with van der Waals surface area (Å²) in [7, 11) is 0. The fraction of sp³-hybridized carbons (Fsp3) is 0.611. The first-order valence-electron chi connectivity index (χ1n) is 8.09. The molecule has 0 saturated heterocycles. The average molecular weight is 289 g/mol. The molecule has 116 valence electrons. The number of amides is 1. The van der Waals surface area contributed by atoms with Crippen molar-refractivity contribution in [3.8, 4) is 0 Å². The zero-order valence-electron chi connectivity index (χ0n) is 13.0. The maximum atomic E-state index is 12.2. The highest BCUT2D eigenvalue weighted by atomic mass is 16.3. The number of carbonyl (C=O) groups excluding carboxylic acids is 1. The summed E-state index contributed by atoms with van der Waals surface area (Å²) >= 11 is 0. The number of hydrogen-bond donors (Lipinski definition) is 2. The molecule has 0 aromatic heterocycles. The smallest absolute Gasteiger partial charge is 0.220 e. The van der Waals surface area contributed by atoms with Gasteiger partial charge in [0.15, 0.2) is 0 Å². The second-order valence-electron chi connectivity index (χ2n) is 6.53. The zero-order chi connectivity index (χ0) is 15.1. The largest absolute Gasteiger partial charge is 0.394 e. The predicted molar refractivity (Wildman–Crippen MR) is 85.0 cm³/mol. The molecule has 2 unspecified atom stereocenters. The molecule has 2 rings (SSSR count). The van der Waals surface area contributed by atoms with Crippen LogP contribution in [0.15, 0.2) is 30.3 Å². The van der Waals surface area contributed by atoms with Gasteiger partial charge in [-0.05, 0) is 37.2 Å². The molecule has 1 amide bonds. The Morgan fingerprint density at radius 3 is 2.81 bits per heavy atom. The molecule has 0 radical (unpaired) electrons. The van der Waals surface area contributed by atoms with Gasteiger partial charge in [0, 0.05) is 6.42 Å². The van der Waals surface area contributed by atoms with Crippen LogP contribution in [0.4, 0.5) is 0 Å². The number of aryl methyl sites for hydroxylation is 1. The topological polar surface area (TPSA) is 49.3 Å². The number of carbonyl (C=O) groups is 1. The summed E-state index contributed by atoms with van der Waals surface area (Å²) in [6, 6.07) is 10.2. The second kappa shape index (κ2) is 7.60. The first-order valence-corrected chi connectivity index (χ1v) is 8.09. The Morgan fingerprint density at radius 2 is 2.14 bits per heavy atom. The molecule has 21 heavy (non-hydrogen) atoms. The SMILES string of the molecule is CC1CCCC(CO)(NC(=O)CCCc2ccccc2)C1. The van der Waals surface area contributed by atoms with Gasteiger partial charge in [0.2, 0.25) is 5.91 Å². The number of aliphatic hydroxyl groups excluding tert-OH is 1. The van der Waals surface area contributed by atoms with E-state index < -0.39 is 0 Å². The molecule has 1 aliphatic rings. The van der Waals surface area contributed by atoms with Crippen LogP contribution in [0, 0.1) is 5.92 Å². The highest BCUT2D eigenvalue weighted by Gasteiger charge is 2.35. The van der Waals surface area contributed by atoms with E-state index in [2.05, 4.69) is 24.4 Å². The third kappa shape index (κ3) is 4.85. The first-order chi connectivity index (χ1) is 10.1. The van der Waals surface area contributed by atoms with Crippen LogP contribution in [0.3, 0.4) is 0 Å². The number of benzene rings is 1. The summed E-state index contributed by atoms with van der Waals surface area (Å²) in [4.78, 5) is 12.2. The molecule has 2 N–H and O–H groups in total. The van der Waals surface area contributed by atoms with Crippen LogP contribution in [0.2, 0.25) is 0 Å². The van der Waals surface area contributed by atoms with Gasteiger partial charge in [0.1, 0.15) is 0 Å². The minimum absolute atomic E-state index is 0.0573. The molecule has 0 heterocycles. The van der Waals surface area contributed by atoms with Gasteiger partial charge < -0.3 is 10.4 Å². The lowest BCUT2D eigenvalue weighted by molar-refractivity contribution is -0.124. The fourth-order valence-corrected chi connectivity index (χ4v) is 3.41. The van der Waals surface area contributed by atoms with E-state index in [1.807, 2.05) is 18.2 Å². The number of hydrogen-bond acceptors (Lipinski definition) is 2. The molecule has 1 saturated carbocycles. The summed E-state index contributed by atoms with van der Waals surface area (Å²) in [6.45, 7) is 2.26. The monoisotopic (exact) mass is 289 g/mol. The minimum atomic E-state index is -0.374.